The lowest BCUT2D eigenvalue weighted by Crippen LogP contribution is -2.38. The van der Waals surface area contributed by atoms with Crippen molar-refractivity contribution in [3.8, 4) is 0 Å². The number of methoxy groups -OCH3 is 1. The zero-order valence-corrected chi connectivity index (χ0v) is 14.5. The smallest absolute Gasteiger partial charge is 0.307 e. The second-order valence-electron chi connectivity index (χ2n) is 3.93. The molecule has 0 atom stereocenters. The first-order valence-corrected chi connectivity index (χ1v) is 6.01. The Kier molecular flexibility index (Phi) is 8.93. The zero-order valence-electron chi connectivity index (χ0n) is 12.1. The molecule has 0 aliphatic carbocycles. The summed E-state index contributed by atoms with van der Waals surface area (Å²) in [6.45, 7) is 4.66. The number of aromatic nitrogens is 1. The molecular weight excluding hydrogens is 375 g/mol. The van der Waals surface area contributed by atoms with Gasteiger partial charge in [0.1, 0.15) is 5.76 Å². The normalized spacial score (nSPS) is 10.7. The van der Waals surface area contributed by atoms with Crippen LogP contribution in [0.2, 0.25) is 0 Å². The van der Waals surface area contributed by atoms with Crippen LogP contribution in [0.15, 0.2) is 9.41 Å². The Hall–Kier alpha value is -1.32. The topological polar surface area (TPSA) is 88.8 Å². The Morgan fingerprint density at radius 1 is 1.40 bits per heavy atom. The molecule has 1 aromatic heterocycles. The standard InChI is InChI=1S/C12H20N4O3.HI/c1-8-9(2)19-10(16-8)7-15-12(13-3)14-6-5-11(17)18-4;/h5-7H2,1-4H3,(H2,13,14,15);1H. The van der Waals surface area contributed by atoms with Gasteiger partial charge in [0.15, 0.2) is 5.96 Å². The van der Waals surface area contributed by atoms with Gasteiger partial charge in [-0.25, -0.2) is 4.98 Å². The minimum absolute atomic E-state index is 0. The van der Waals surface area contributed by atoms with Crippen molar-refractivity contribution in [1.82, 2.24) is 15.6 Å². The number of esters is 1. The third-order valence-corrected chi connectivity index (χ3v) is 2.55. The molecule has 0 saturated carbocycles. The van der Waals surface area contributed by atoms with Crippen LogP contribution in [0.1, 0.15) is 23.8 Å². The number of aryl methyl sites for hydroxylation is 2. The molecule has 8 heteroatoms. The van der Waals surface area contributed by atoms with Crippen LogP contribution >= 0.6 is 24.0 Å². The van der Waals surface area contributed by atoms with Gasteiger partial charge < -0.3 is 19.8 Å². The monoisotopic (exact) mass is 396 g/mol. The second kappa shape index (κ2) is 9.56. The first-order valence-electron chi connectivity index (χ1n) is 6.01. The Bertz CT molecular complexity index is 440. The predicted molar refractivity (Wildman–Crippen MR) is 86.2 cm³/mol. The van der Waals surface area contributed by atoms with Crippen LogP contribution in [0.3, 0.4) is 0 Å². The highest BCUT2D eigenvalue weighted by Crippen LogP contribution is 2.07. The lowest BCUT2D eigenvalue weighted by molar-refractivity contribution is -0.140. The molecule has 0 aromatic carbocycles. The number of oxazole rings is 1. The maximum Gasteiger partial charge on any atom is 0.307 e. The predicted octanol–water partition coefficient (Wildman–Crippen LogP) is 1.14. The Balaban J connectivity index is 0.00000361. The molecule has 0 unspecified atom stereocenters. The van der Waals surface area contributed by atoms with Gasteiger partial charge in [0.05, 0.1) is 25.8 Å². The van der Waals surface area contributed by atoms with Gasteiger partial charge in [0.25, 0.3) is 0 Å². The Morgan fingerprint density at radius 3 is 2.60 bits per heavy atom. The first-order chi connectivity index (χ1) is 9.06. The summed E-state index contributed by atoms with van der Waals surface area (Å²) in [5.74, 6) is 1.73. The van der Waals surface area contributed by atoms with Crippen molar-refractivity contribution < 1.29 is 13.9 Å². The summed E-state index contributed by atoms with van der Waals surface area (Å²) in [7, 11) is 3.02. The third kappa shape index (κ3) is 6.22. The number of nitrogens with zero attached hydrogens (tertiary/aromatic N) is 2. The fraction of sp³-hybridized carbons (Fsp3) is 0.583. The molecular formula is C12H21IN4O3. The van der Waals surface area contributed by atoms with Crippen molar-refractivity contribution in [3.05, 3.63) is 17.3 Å². The van der Waals surface area contributed by atoms with Crippen molar-refractivity contribution in [2.75, 3.05) is 20.7 Å². The van der Waals surface area contributed by atoms with E-state index >= 15 is 0 Å². The quantitative estimate of drug-likeness (QED) is 0.336. The van der Waals surface area contributed by atoms with Gasteiger partial charge in [0, 0.05) is 13.6 Å². The van der Waals surface area contributed by atoms with Gasteiger partial charge in [-0.15, -0.1) is 24.0 Å². The maximum atomic E-state index is 11.0. The molecule has 7 nitrogen and oxygen atoms in total. The number of hydrogen-bond donors (Lipinski definition) is 2. The molecule has 0 amide bonds. The lowest BCUT2D eigenvalue weighted by Gasteiger charge is -2.09. The molecule has 1 heterocycles. The molecule has 20 heavy (non-hydrogen) atoms. The number of guanidine groups is 1. The van der Waals surface area contributed by atoms with E-state index in [2.05, 4.69) is 25.3 Å². The van der Waals surface area contributed by atoms with E-state index in [9.17, 15) is 4.79 Å². The summed E-state index contributed by atoms with van der Waals surface area (Å²) in [5.41, 5.74) is 0.880. The minimum Gasteiger partial charge on any atom is -0.469 e. The van der Waals surface area contributed by atoms with Crippen molar-refractivity contribution in [2.45, 2.75) is 26.8 Å². The van der Waals surface area contributed by atoms with Crippen molar-refractivity contribution >= 4 is 35.9 Å². The molecule has 0 aliphatic rings. The summed E-state index contributed by atoms with van der Waals surface area (Å²) in [4.78, 5) is 19.2. The largest absolute Gasteiger partial charge is 0.469 e. The van der Waals surface area contributed by atoms with Crippen molar-refractivity contribution in [1.29, 1.82) is 0 Å². The van der Waals surface area contributed by atoms with Gasteiger partial charge in [-0.1, -0.05) is 0 Å². The van der Waals surface area contributed by atoms with Crippen LogP contribution in [0.25, 0.3) is 0 Å². The Labute approximate surface area is 135 Å². The van der Waals surface area contributed by atoms with E-state index in [0.29, 0.717) is 24.9 Å². The zero-order chi connectivity index (χ0) is 14.3. The average molecular weight is 396 g/mol. The van der Waals surface area contributed by atoms with Gasteiger partial charge >= 0.3 is 5.97 Å². The second-order valence-corrected chi connectivity index (χ2v) is 3.93. The molecule has 0 spiro atoms. The summed E-state index contributed by atoms with van der Waals surface area (Å²) in [6, 6.07) is 0. The lowest BCUT2D eigenvalue weighted by atomic mass is 10.4. The van der Waals surface area contributed by atoms with Crippen LogP contribution in [-0.2, 0) is 16.1 Å². The van der Waals surface area contributed by atoms with E-state index in [1.54, 1.807) is 7.05 Å². The highest BCUT2D eigenvalue weighted by molar-refractivity contribution is 14.0. The number of ether oxygens (including phenoxy) is 1. The van der Waals surface area contributed by atoms with Crippen LogP contribution in [0.4, 0.5) is 0 Å². The van der Waals surface area contributed by atoms with E-state index in [4.69, 9.17) is 4.42 Å². The molecule has 114 valence electrons. The number of carbonyl (C=O) groups is 1. The SMILES string of the molecule is CN=C(NCCC(=O)OC)NCc1nc(C)c(C)o1.I. The molecule has 1 aromatic rings. The van der Waals surface area contributed by atoms with Gasteiger partial charge in [0.2, 0.25) is 5.89 Å². The highest BCUT2D eigenvalue weighted by Gasteiger charge is 2.06. The summed E-state index contributed by atoms with van der Waals surface area (Å²) < 4.78 is 9.99. The fourth-order valence-corrected chi connectivity index (χ4v) is 1.38. The number of nitrogens with one attached hydrogen (secondary N) is 2. The van der Waals surface area contributed by atoms with E-state index in [-0.39, 0.29) is 36.4 Å². The van der Waals surface area contributed by atoms with Crippen molar-refractivity contribution in [3.63, 3.8) is 0 Å². The summed E-state index contributed by atoms with van der Waals surface area (Å²) in [6.07, 6.45) is 0.286. The van der Waals surface area contributed by atoms with Crippen LogP contribution < -0.4 is 10.6 Å². The average Bonchev–Trinajstić information content (AvgIpc) is 2.72. The minimum atomic E-state index is -0.262. The highest BCUT2D eigenvalue weighted by atomic mass is 127. The molecule has 0 radical (unpaired) electrons. The van der Waals surface area contributed by atoms with E-state index in [1.165, 1.54) is 7.11 Å². The molecule has 1 rings (SSSR count). The van der Waals surface area contributed by atoms with E-state index in [0.717, 1.165) is 11.5 Å². The number of hydrogen-bond acceptors (Lipinski definition) is 5. The van der Waals surface area contributed by atoms with Gasteiger partial charge in [-0.05, 0) is 13.8 Å². The van der Waals surface area contributed by atoms with E-state index < -0.39 is 0 Å². The summed E-state index contributed by atoms with van der Waals surface area (Å²) in [5, 5.41) is 6.04. The van der Waals surface area contributed by atoms with Gasteiger partial charge in [-0.3, -0.25) is 9.79 Å². The first kappa shape index (κ1) is 18.7. The maximum absolute atomic E-state index is 11.0. The number of carbonyl (C=O) groups excluding carboxylic acids is 1. The molecule has 0 bridgehead atoms. The number of halogens is 1. The van der Waals surface area contributed by atoms with Crippen LogP contribution in [0.5, 0.6) is 0 Å². The third-order valence-electron chi connectivity index (χ3n) is 2.55. The van der Waals surface area contributed by atoms with Crippen LogP contribution in [0, 0.1) is 13.8 Å². The Morgan fingerprint density at radius 2 is 2.10 bits per heavy atom. The molecule has 2 N–H and O–H groups in total. The number of rotatable bonds is 5. The molecule has 0 saturated heterocycles. The van der Waals surface area contributed by atoms with Crippen molar-refractivity contribution in [2.24, 2.45) is 4.99 Å². The molecule has 0 aliphatic heterocycles. The van der Waals surface area contributed by atoms with Crippen LogP contribution in [-0.4, -0.2) is 37.6 Å². The van der Waals surface area contributed by atoms with Gasteiger partial charge in [-0.2, -0.15) is 0 Å². The van der Waals surface area contributed by atoms with E-state index in [1.807, 2.05) is 13.8 Å². The summed E-state index contributed by atoms with van der Waals surface area (Å²) >= 11 is 0. The fourth-order valence-electron chi connectivity index (χ4n) is 1.38. The number of aliphatic imine (C=N–C) groups is 1. The molecule has 0 fully saturated rings.